The number of anilines is 1. The third kappa shape index (κ3) is 7.74. The second kappa shape index (κ2) is 9.25. The Balaban J connectivity index is 0.000000322. The summed E-state index contributed by atoms with van der Waals surface area (Å²) in [6.45, 7) is 8.75. The molecule has 1 aliphatic rings. The second-order valence-electron chi connectivity index (χ2n) is 6.41. The summed E-state index contributed by atoms with van der Waals surface area (Å²) < 4.78 is 15.5. The van der Waals surface area contributed by atoms with Crippen LogP contribution in [0.15, 0.2) is 18.2 Å². The summed E-state index contributed by atoms with van der Waals surface area (Å²) in [6.07, 6.45) is 1.17. The number of nitrogens with two attached hydrogens (primary N) is 1. The molecule has 1 atom stereocenters. The van der Waals surface area contributed by atoms with Crippen molar-refractivity contribution in [2.45, 2.75) is 32.8 Å². The predicted molar refractivity (Wildman–Crippen MR) is 90.8 cm³/mol. The van der Waals surface area contributed by atoms with E-state index in [0.717, 1.165) is 24.6 Å². The molecule has 0 aliphatic carbocycles. The summed E-state index contributed by atoms with van der Waals surface area (Å²) in [4.78, 5) is 9.60. The summed E-state index contributed by atoms with van der Waals surface area (Å²) in [5.41, 5.74) is 6.10. The van der Waals surface area contributed by atoms with Gasteiger partial charge >= 0.3 is 0 Å². The SMILES string of the molecule is CC(C)(C)OC=O.COc1ccc(N)cc1OCC1CCNC1. The summed E-state index contributed by atoms with van der Waals surface area (Å²) in [6, 6.07) is 5.45. The number of hydrogen-bond acceptors (Lipinski definition) is 6. The molecule has 1 aliphatic heterocycles. The van der Waals surface area contributed by atoms with Crippen molar-refractivity contribution in [1.29, 1.82) is 0 Å². The van der Waals surface area contributed by atoms with Crippen LogP contribution in [-0.4, -0.2) is 38.9 Å². The van der Waals surface area contributed by atoms with Gasteiger partial charge in [0, 0.05) is 24.2 Å². The fourth-order valence-electron chi connectivity index (χ4n) is 2.01. The van der Waals surface area contributed by atoms with Gasteiger partial charge in [-0.25, -0.2) is 0 Å². The maximum absolute atomic E-state index is 9.60. The molecule has 0 bridgehead atoms. The molecule has 23 heavy (non-hydrogen) atoms. The van der Waals surface area contributed by atoms with Gasteiger partial charge in [-0.1, -0.05) is 0 Å². The van der Waals surface area contributed by atoms with Gasteiger partial charge in [-0.2, -0.15) is 0 Å². The maximum Gasteiger partial charge on any atom is 0.293 e. The highest BCUT2D eigenvalue weighted by molar-refractivity contribution is 5.51. The van der Waals surface area contributed by atoms with Gasteiger partial charge in [0.05, 0.1) is 13.7 Å². The van der Waals surface area contributed by atoms with Gasteiger partial charge in [-0.3, -0.25) is 4.79 Å². The molecule has 1 aromatic rings. The van der Waals surface area contributed by atoms with Gasteiger partial charge in [0.25, 0.3) is 6.47 Å². The van der Waals surface area contributed by atoms with Gasteiger partial charge in [0.2, 0.25) is 0 Å². The molecule has 0 spiro atoms. The van der Waals surface area contributed by atoms with Gasteiger partial charge in [-0.05, 0) is 45.9 Å². The van der Waals surface area contributed by atoms with Crippen molar-refractivity contribution in [1.82, 2.24) is 5.32 Å². The van der Waals surface area contributed by atoms with Crippen molar-refractivity contribution in [2.24, 2.45) is 5.92 Å². The zero-order chi connectivity index (χ0) is 17.3. The van der Waals surface area contributed by atoms with Crippen molar-refractivity contribution in [2.75, 3.05) is 32.5 Å². The lowest BCUT2D eigenvalue weighted by Gasteiger charge is -2.14. The molecule has 1 heterocycles. The molecule has 1 unspecified atom stereocenters. The molecular formula is C17H28N2O4. The Hall–Kier alpha value is -1.95. The Morgan fingerprint density at radius 1 is 1.35 bits per heavy atom. The second-order valence-corrected chi connectivity index (χ2v) is 6.41. The minimum Gasteiger partial charge on any atom is -0.493 e. The molecular weight excluding hydrogens is 296 g/mol. The number of nitrogens with one attached hydrogen (secondary N) is 1. The summed E-state index contributed by atoms with van der Waals surface area (Å²) in [7, 11) is 1.63. The maximum atomic E-state index is 9.60. The fraction of sp³-hybridized carbons (Fsp3) is 0.588. The number of hydrogen-bond donors (Lipinski definition) is 2. The van der Waals surface area contributed by atoms with Crippen LogP contribution in [-0.2, 0) is 9.53 Å². The van der Waals surface area contributed by atoms with E-state index in [0.29, 0.717) is 24.7 Å². The molecule has 1 saturated heterocycles. The lowest BCUT2D eigenvalue weighted by atomic mass is 10.1. The van der Waals surface area contributed by atoms with E-state index in [9.17, 15) is 4.79 Å². The standard InChI is InChI=1S/C12H18N2O2.C5H10O2/c1-15-11-3-2-10(13)6-12(11)16-8-9-4-5-14-7-9;1-5(2,3)7-4-6/h2-3,6,9,14H,4-5,7-8,13H2,1H3;4H,1-3H3. The molecule has 3 N–H and O–H groups in total. The number of benzene rings is 1. The molecule has 0 amide bonds. The highest BCUT2D eigenvalue weighted by atomic mass is 16.5. The molecule has 0 radical (unpaired) electrons. The van der Waals surface area contributed by atoms with E-state index < -0.39 is 0 Å². The number of rotatable bonds is 5. The Morgan fingerprint density at radius 3 is 2.57 bits per heavy atom. The van der Waals surface area contributed by atoms with Crippen molar-refractivity contribution >= 4 is 12.2 Å². The number of carbonyl (C=O) groups excluding carboxylic acids is 1. The smallest absolute Gasteiger partial charge is 0.293 e. The predicted octanol–water partition coefficient (Wildman–Crippen LogP) is 2.22. The molecule has 130 valence electrons. The van der Waals surface area contributed by atoms with Crippen LogP contribution >= 0.6 is 0 Å². The van der Waals surface area contributed by atoms with E-state index >= 15 is 0 Å². The fourth-order valence-corrected chi connectivity index (χ4v) is 2.01. The Morgan fingerprint density at radius 2 is 2.09 bits per heavy atom. The molecule has 0 saturated carbocycles. The minimum absolute atomic E-state index is 0.318. The van der Waals surface area contributed by atoms with Crippen LogP contribution in [0.5, 0.6) is 11.5 Å². The van der Waals surface area contributed by atoms with Crippen LogP contribution in [0.25, 0.3) is 0 Å². The third-order valence-corrected chi connectivity index (χ3v) is 3.23. The van der Waals surface area contributed by atoms with Crippen LogP contribution in [0.4, 0.5) is 5.69 Å². The van der Waals surface area contributed by atoms with Gasteiger partial charge < -0.3 is 25.3 Å². The van der Waals surface area contributed by atoms with Crippen molar-refractivity contribution in [3.05, 3.63) is 18.2 Å². The highest BCUT2D eigenvalue weighted by Gasteiger charge is 2.16. The van der Waals surface area contributed by atoms with Gasteiger partial charge in [0.15, 0.2) is 11.5 Å². The van der Waals surface area contributed by atoms with E-state index in [4.69, 9.17) is 15.2 Å². The average molecular weight is 324 g/mol. The molecule has 1 fully saturated rings. The highest BCUT2D eigenvalue weighted by Crippen LogP contribution is 2.29. The molecule has 2 rings (SSSR count). The van der Waals surface area contributed by atoms with E-state index in [1.54, 1.807) is 13.2 Å². The number of carbonyl (C=O) groups is 1. The van der Waals surface area contributed by atoms with Gasteiger partial charge in [0.1, 0.15) is 5.60 Å². The molecule has 0 aromatic heterocycles. The summed E-state index contributed by atoms with van der Waals surface area (Å²) in [5.74, 6) is 2.06. The Labute approximate surface area is 138 Å². The zero-order valence-electron chi connectivity index (χ0n) is 14.4. The van der Waals surface area contributed by atoms with Crippen LogP contribution in [0, 0.1) is 5.92 Å². The number of ether oxygens (including phenoxy) is 3. The van der Waals surface area contributed by atoms with E-state index in [1.807, 2.05) is 32.9 Å². The topological polar surface area (TPSA) is 82.8 Å². The quantitative estimate of drug-likeness (QED) is 0.638. The molecule has 1 aromatic carbocycles. The van der Waals surface area contributed by atoms with Crippen LogP contribution in [0.1, 0.15) is 27.2 Å². The number of methoxy groups -OCH3 is 1. The molecule has 6 heteroatoms. The summed E-state index contributed by atoms with van der Waals surface area (Å²) in [5, 5.41) is 3.31. The summed E-state index contributed by atoms with van der Waals surface area (Å²) >= 11 is 0. The van der Waals surface area contributed by atoms with E-state index in [-0.39, 0.29) is 5.60 Å². The van der Waals surface area contributed by atoms with E-state index in [1.165, 1.54) is 6.42 Å². The van der Waals surface area contributed by atoms with Crippen molar-refractivity contribution in [3.63, 3.8) is 0 Å². The number of nitrogen functional groups attached to an aromatic ring is 1. The van der Waals surface area contributed by atoms with Crippen LogP contribution < -0.4 is 20.5 Å². The molecule has 6 nitrogen and oxygen atoms in total. The Kier molecular flexibility index (Phi) is 7.68. The zero-order valence-corrected chi connectivity index (χ0v) is 14.4. The third-order valence-electron chi connectivity index (χ3n) is 3.23. The van der Waals surface area contributed by atoms with E-state index in [2.05, 4.69) is 10.1 Å². The van der Waals surface area contributed by atoms with Crippen molar-refractivity contribution in [3.8, 4) is 11.5 Å². The van der Waals surface area contributed by atoms with Crippen molar-refractivity contribution < 1.29 is 19.0 Å². The first-order chi connectivity index (χ1) is 10.9. The Bertz CT molecular complexity index is 480. The normalized spacial score (nSPS) is 17.0. The van der Waals surface area contributed by atoms with Crippen LogP contribution in [0.3, 0.4) is 0 Å². The lowest BCUT2D eigenvalue weighted by molar-refractivity contribution is -0.138. The minimum atomic E-state index is -0.318. The monoisotopic (exact) mass is 324 g/mol. The first-order valence-corrected chi connectivity index (χ1v) is 7.74. The largest absolute Gasteiger partial charge is 0.493 e. The van der Waals surface area contributed by atoms with Crippen LogP contribution in [0.2, 0.25) is 0 Å². The first-order valence-electron chi connectivity index (χ1n) is 7.74. The first kappa shape index (κ1) is 19.1. The van der Waals surface area contributed by atoms with Gasteiger partial charge in [-0.15, -0.1) is 0 Å². The average Bonchev–Trinajstić information content (AvgIpc) is 2.98. The lowest BCUT2D eigenvalue weighted by Crippen LogP contribution is -2.17.